The van der Waals surface area contributed by atoms with Gasteiger partial charge < -0.3 is 5.32 Å². The number of nitrogens with one attached hydrogen (secondary N) is 1. The van der Waals surface area contributed by atoms with E-state index in [0.717, 1.165) is 34.4 Å². The Bertz CT molecular complexity index is 1200. The second kappa shape index (κ2) is 9.22. The molecule has 11 heteroatoms. The maximum atomic E-state index is 14.1. The van der Waals surface area contributed by atoms with Crippen molar-refractivity contribution >= 4 is 51.4 Å². The predicted octanol–water partition coefficient (Wildman–Crippen LogP) is 4.67. The highest BCUT2D eigenvalue weighted by Crippen LogP contribution is 2.31. The molecule has 0 fully saturated rings. The molecule has 0 saturated carbocycles. The van der Waals surface area contributed by atoms with Gasteiger partial charge in [-0.2, -0.15) is 4.39 Å². The first kappa shape index (κ1) is 21.7. The number of hydrogen-bond donors (Lipinski definition) is 1. The summed E-state index contributed by atoms with van der Waals surface area (Å²) < 4.78 is 27.5. The second-order valence-corrected chi connectivity index (χ2v) is 6.94. The maximum absolute atomic E-state index is 14.1. The van der Waals surface area contributed by atoms with Gasteiger partial charge in [-0.25, -0.2) is 9.37 Å². The molecule has 0 radical (unpaired) electrons. The predicted molar refractivity (Wildman–Crippen MR) is 112 cm³/mol. The van der Waals surface area contributed by atoms with Gasteiger partial charge in [0.25, 0.3) is 0 Å². The summed E-state index contributed by atoms with van der Waals surface area (Å²) in [5.41, 5.74) is -0.328. The van der Waals surface area contributed by atoms with E-state index >= 15 is 0 Å². The van der Waals surface area contributed by atoms with Gasteiger partial charge in [-0.05, 0) is 30.3 Å². The van der Waals surface area contributed by atoms with Crippen LogP contribution in [0.4, 0.5) is 31.0 Å². The van der Waals surface area contributed by atoms with Crippen LogP contribution in [0.1, 0.15) is 12.6 Å². The van der Waals surface area contributed by atoms with Gasteiger partial charge in [0, 0.05) is 30.1 Å². The van der Waals surface area contributed by atoms with E-state index in [4.69, 9.17) is 0 Å². The molecule has 1 aromatic heterocycles. The molecule has 1 N–H and O–H groups in total. The van der Waals surface area contributed by atoms with Crippen molar-refractivity contribution in [3.63, 3.8) is 0 Å². The summed E-state index contributed by atoms with van der Waals surface area (Å²) in [6.45, 7) is 1.28. The Balaban J connectivity index is 1.75. The van der Waals surface area contributed by atoms with E-state index in [1.165, 1.54) is 37.3 Å². The smallest absolute Gasteiger partial charge is 0.306 e. The van der Waals surface area contributed by atoms with Crippen LogP contribution in [0, 0.1) is 21.7 Å². The molecule has 0 aliphatic carbocycles. The Morgan fingerprint density at radius 2 is 1.94 bits per heavy atom. The number of nitrogens with zero attached hydrogens (tertiary/aromatic N) is 3. The molecule has 0 aliphatic heterocycles. The van der Waals surface area contributed by atoms with Gasteiger partial charge in [0.15, 0.2) is 5.13 Å². The lowest BCUT2D eigenvalue weighted by atomic mass is 10.2. The van der Waals surface area contributed by atoms with E-state index in [1.807, 2.05) is 0 Å². The summed E-state index contributed by atoms with van der Waals surface area (Å²) in [6.07, 6.45) is 2.47. The highest BCUT2D eigenvalue weighted by molar-refractivity contribution is 7.14. The molecule has 0 bridgehead atoms. The molecule has 0 atom stereocenters. The molecule has 31 heavy (non-hydrogen) atoms. The number of aromatic nitrogens is 1. The number of amides is 2. The first-order valence-electron chi connectivity index (χ1n) is 8.70. The topological polar surface area (TPSA) is 105 Å². The molecule has 0 saturated heterocycles. The number of hydrogen-bond acceptors (Lipinski definition) is 6. The van der Waals surface area contributed by atoms with E-state index < -0.39 is 34.1 Å². The number of anilines is 3. The molecule has 2 amide bonds. The number of halogens is 2. The standard InChI is InChI=1S/C20H14F2N4O4S/c1-12(27)25(17-5-3-2-4-15(17)21)20-24-14(11-31-20)7-9-19(28)23-13-6-8-16(22)18(10-13)26(29)30/h2-11H,1H3,(H,23,28). The molecular weight excluding hydrogens is 430 g/mol. The normalized spacial score (nSPS) is 10.8. The monoisotopic (exact) mass is 444 g/mol. The fourth-order valence-electron chi connectivity index (χ4n) is 2.57. The van der Waals surface area contributed by atoms with Crippen LogP contribution in [-0.4, -0.2) is 21.7 Å². The Labute approximate surface area is 178 Å². The van der Waals surface area contributed by atoms with Crippen LogP contribution in [0.15, 0.2) is 53.9 Å². The first-order chi connectivity index (χ1) is 14.8. The number of nitro benzene ring substituents is 1. The average molecular weight is 444 g/mol. The maximum Gasteiger partial charge on any atom is 0.306 e. The minimum atomic E-state index is -1.02. The molecule has 158 valence electrons. The van der Waals surface area contributed by atoms with Crippen LogP contribution in [0.25, 0.3) is 6.08 Å². The van der Waals surface area contributed by atoms with Crippen molar-refractivity contribution in [2.45, 2.75) is 6.92 Å². The minimum absolute atomic E-state index is 0.0454. The Morgan fingerprint density at radius 1 is 1.19 bits per heavy atom. The van der Waals surface area contributed by atoms with E-state index in [9.17, 15) is 28.5 Å². The molecule has 8 nitrogen and oxygen atoms in total. The fraction of sp³-hybridized carbons (Fsp3) is 0.0500. The first-order valence-corrected chi connectivity index (χ1v) is 9.58. The van der Waals surface area contributed by atoms with Crippen LogP contribution >= 0.6 is 11.3 Å². The molecule has 0 aliphatic rings. The Kier molecular flexibility index (Phi) is 6.46. The summed E-state index contributed by atoms with van der Waals surface area (Å²) >= 11 is 1.08. The quantitative estimate of drug-likeness (QED) is 0.338. The zero-order valence-corrected chi connectivity index (χ0v) is 16.7. The van der Waals surface area contributed by atoms with Crippen molar-refractivity contribution < 1.29 is 23.3 Å². The van der Waals surface area contributed by atoms with Gasteiger partial charge in [-0.15, -0.1) is 11.3 Å². The number of carbonyl (C=O) groups excluding carboxylic acids is 2. The van der Waals surface area contributed by atoms with E-state index in [-0.39, 0.29) is 16.5 Å². The summed E-state index contributed by atoms with van der Waals surface area (Å²) in [6, 6.07) is 8.74. The van der Waals surface area contributed by atoms with E-state index in [2.05, 4.69) is 10.3 Å². The van der Waals surface area contributed by atoms with Crippen LogP contribution in [-0.2, 0) is 9.59 Å². The molecule has 1 heterocycles. The summed E-state index contributed by atoms with van der Waals surface area (Å²) in [5.74, 6) is -2.67. The highest BCUT2D eigenvalue weighted by Gasteiger charge is 2.20. The van der Waals surface area contributed by atoms with Gasteiger partial charge in [-0.3, -0.25) is 24.6 Å². The molecule has 3 rings (SSSR count). The summed E-state index contributed by atoms with van der Waals surface area (Å²) in [5, 5.41) is 14.9. The zero-order valence-electron chi connectivity index (χ0n) is 15.9. The Morgan fingerprint density at radius 3 is 2.61 bits per heavy atom. The van der Waals surface area contributed by atoms with Gasteiger partial charge in [-0.1, -0.05) is 12.1 Å². The number of benzene rings is 2. The lowest BCUT2D eigenvalue weighted by Gasteiger charge is -2.18. The molecule has 0 spiro atoms. The highest BCUT2D eigenvalue weighted by atomic mass is 32.1. The van der Waals surface area contributed by atoms with Crippen molar-refractivity contribution in [1.29, 1.82) is 0 Å². The van der Waals surface area contributed by atoms with Gasteiger partial charge in [0.05, 0.1) is 16.3 Å². The number of nitro groups is 1. The fourth-order valence-corrected chi connectivity index (χ4v) is 3.42. The number of carbonyl (C=O) groups is 2. The van der Waals surface area contributed by atoms with Crippen molar-refractivity contribution in [2.24, 2.45) is 0 Å². The molecule has 3 aromatic rings. The van der Waals surface area contributed by atoms with Crippen molar-refractivity contribution in [3.05, 3.63) is 81.4 Å². The van der Waals surface area contributed by atoms with Crippen LogP contribution in [0.2, 0.25) is 0 Å². The van der Waals surface area contributed by atoms with Crippen LogP contribution in [0.3, 0.4) is 0 Å². The van der Waals surface area contributed by atoms with E-state index in [1.54, 1.807) is 11.4 Å². The zero-order chi connectivity index (χ0) is 22.5. The van der Waals surface area contributed by atoms with Gasteiger partial charge in [0.1, 0.15) is 5.82 Å². The number of thiazole rings is 1. The van der Waals surface area contributed by atoms with E-state index in [0.29, 0.717) is 5.69 Å². The molecule has 0 unspecified atom stereocenters. The van der Waals surface area contributed by atoms with Crippen molar-refractivity contribution in [3.8, 4) is 0 Å². The third kappa shape index (κ3) is 5.14. The van der Waals surface area contributed by atoms with Crippen LogP contribution < -0.4 is 10.2 Å². The SMILES string of the molecule is CC(=O)N(c1nc(C=CC(=O)Nc2ccc(F)c([N+](=O)[O-])c2)cs1)c1ccccc1F. The molecule has 2 aromatic carbocycles. The Hall–Kier alpha value is -3.99. The third-order valence-electron chi connectivity index (χ3n) is 3.93. The summed E-state index contributed by atoms with van der Waals surface area (Å²) in [4.78, 5) is 39.3. The van der Waals surface area contributed by atoms with Crippen molar-refractivity contribution in [2.75, 3.05) is 10.2 Å². The lowest BCUT2D eigenvalue weighted by Crippen LogP contribution is -2.23. The largest absolute Gasteiger partial charge is 0.322 e. The second-order valence-electron chi connectivity index (χ2n) is 6.11. The lowest BCUT2D eigenvalue weighted by molar-refractivity contribution is -0.387. The van der Waals surface area contributed by atoms with Crippen molar-refractivity contribution in [1.82, 2.24) is 4.98 Å². The number of para-hydroxylation sites is 1. The van der Waals surface area contributed by atoms with Crippen LogP contribution in [0.5, 0.6) is 0 Å². The summed E-state index contributed by atoms with van der Waals surface area (Å²) in [7, 11) is 0. The van der Waals surface area contributed by atoms with Gasteiger partial charge >= 0.3 is 5.69 Å². The average Bonchev–Trinajstić information content (AvgIpc) is 3.17. The molecular formula is C20H14F2N4O4S. The number of rotatable bonds is 6. The third-order valence-corrected chi connectivity index (χ3v) is 4.77. The van der Waals surface area contributed by atoms with Gasteiger partial charge in [0.2, 0.25) is 17.6 Å². The minimum Gasteiger partial charge on any atom is -0.322 e.